The summed E-state index contributed by atoms with van der Waals surface area (Å²) in [6, 6.07) is 18.5. The largest absolute Gasteiger partial charge is 0.457 e. The normalized spacial score (nSPS) is 17.1. The molecule has 0 radical (unpaired) electrons. The molecule has 2 N–H and O–H groups in total. The van der Waals surface area contributed by atoms with Crippen molar-refractivity contribution in [1.29, 1.82) is 5.26 Å². The summed E-state index contributed by atoms with van der Waals surface area (Å²) in [4.78, 5) is 23.1. The molecule has 1 aliphatic heterocycles. The Labute approximate surface area is 202 Å². The number of anilines is 1. The Balaban J connectivity index is 1.43. The van der Waals surface area contributed by atoms with Crippen LogP contribution in [0.4, 0.5) is 5.82 Å². The lowest BCUT2D eigenvalue weighted by Crippen LogP contribution is -2.45. The van der Waals surface area contributed by atoms with Gasteiger partial charge in [-0.1, -0.05) is 18.2 Å². The van der Waals surface area contributed by atoms with E-state index < -0.39 is 6.04 Å². The third-order valence-corrected chi connectivity index (χ3v) is 6.22. The first kappa shape index (κ1) is 22.5. The van der Waals surface area contributed by atoms with Gasteiger partial charge in [0.2, 0.25) is 0 Å². The van der Waals surface area contributed by atoms with Crippen molar-refractivity contribution in [2.75, 3.05) is 18.8 Å². The van der Waals surface area contributed by atoms with Crippen LogP contribution in [0.1, 0.15) is 25.8 Å². The van der Waals surface area contributed by atoms with E-state index in [1.54, 1.807) is 6.20 Å². The van der Waals surface area contributed by atoms with Crippen molar-refractivity contribution in [2.45, 2.75) is 31.8 Å². The summed E-state index contributed by atoms with van der Waals surface area (Å²) >= 11 is 0. The predicted molar refractivity (Wildman–Crippen MR) is 132 cm³/mol. The Morgan fingerprint density at radius 1 is 1.14 bits per heavy atom. The number of likely N-dealkylation sites (tertiary alicyclic amines) is 1. The highest BCUT2D eigenvalue weighted by atomic mass is 16.5. The number of ketones is 1. The van der Waals surface area contributed by atoms with Crippen LogP contribution < -0.4 is 10.5 Å². The SMILES string of the molecule is CC(=O)C(C#N)N1CCC[C@@H](n2ncc3c(N)nc(-c4ccc(Oc5ccccc5)cc4)nc32)C1. The van der Waals surface area contributed by atoms with E-state index in [9.17, 15) is 10.1 Å². The number of Topliss-reactive ketones (excluding diaryl/α,β-unsaturated/α-hetero) is 1. The Bertz CT molecular complexity index is 1390. The molecule has 1 fully saturated rings. The van der Waals surface area contributed by atoms with Gasteiger partial charge in [0.15, 0.2) is 23.3 Å². The molecular formula is C26H25N7O2. The molecular weight excluding hydrogens is 442 g/mol. The molecule has 176 valence electrons. The van der Waals surface area contributed by atoms with E-state index in [1.165, 1.54) is 6.92 Å². The van der Waals surface area contributed by atoms with Gasteiger partial charge in [-0.15, -0.1) is 0 Å². The van der Waals surface area contributed by atoms with Gasteiger partial charge in [0.05, 0.1) is 23.7 Å². The second kappa shape index (κ2) is 9.52. The van der Waals surface area contributed by atoms with E-state index in [0.29, 0.717) is 41.5 Å². The zero-order valence-corrected chi connectivity index (χ0v) is 19.3. The summed E-state index contributed by atoms with van der Waals surface area (Å²) in [7, 11) is 0. The van der Waals surface area contributed by atoms with E-state index in [1.807, 2.05) is 64.2 Å². The van der Waals surface area contributed by atoms with Crippen LogP contribution in [0, 0.1) is 11.3 Å². The van der Waals surface area contributed by atoms with Gasteiger partial charge in [-0.3, -0.25) is 9.69 Å². The summed E-state index contributed by atoms with van der Waals surface area (Å²) < 4.78 is 7.73. The fourth-order valence-electron chi connectivity index (χ4n) is 4.49. The number of benzene rings is 2. The van der Waals surface area contributed by atoms with Crippen LogP contribution in [0.25, 0.3) is 22.4 Å². The van der Waals surface area contributed by atoms with Gasteiger partial charge in [-0.25, -0.2) is 14.6 Å². The van der Waals surface area contributed by atoms with Crippen LogP contribution in [0.15, 0.2) is 60.8 Å². The van der Waals surface area contributed by atoms with Gasteiger partial charge in [-0.2, -0.15) is 10.4 Å². The van der Waals surface area contributed by atoms with E-state index in [0.717, 1.165) is 24.2 Å². The van der Waals surface area contributed by atoms with Crippen LogP contribution in [0.3, 0.4) is 0 Å². The number of aromatic nitrogens is 4. The molecule has 4 aromatic rings. The second-order valence-electron chi connectivity index (χ2n) is 8.63. The van der Waals surface area contributed by atoms with Gasteiger partial charge >= 0.3 is 0 Å². The van der Waals surface area contributed by atoms with E-state index in [2.05, 4.69) is 16.2 Å². The molecule has 0 aliphatic carbocycles. The number of ether oxygens (including phenoxy) is 1. The molecule has 0 amide bonds. The van der Waals surface area contributed by atoms with Crippen molar-refractivity contribution in [3.8, 4) is 29.0 Å². The third kappa shape index (κ3) is 4.56. The van der Waals surface area contributed by atoms with E-state index >= 15 is 0 Å². The predicted octanol–water partition coefficient (Wildman–Crippen LogP) is 3.99. The Morgan fingerprint density at radius 3 is 2.60 bits per heavy atom. The molecule has 3 heterocycles. The Morgan fingerprint density at radius 2 is 1.89 bits per heavy atom. The first-order chi connectivity index (χ1) is 17.0. The molecule has 35 heavy (non-hydrogen) atoms. The number of nitrogens with two attached hydrogens (primary N) is 1. The number of fused-ring (bicyclic) bond motifs is 1. The molecule has 0 spiro atoms. The smallest absolute Gasteiger partial charge is 0.164 e. The Hall–Kier alpha value is -4.29. The molecule has 1 saturated heterocycles. The zero-order chi connectivity index (χ0) is 24.4. The third-order valence-electron chi connectivity index (χ3n) is 6.22. The maximum Gasteiger partial charge on any atom is 0.164 e. The van der Waals surface area contributed by atoms with Crippen LogP contribution in [0.5, 0.6) is 11.5 Å². The minimum atomic E-state index is -0.744. The van der Waals surface area contributed by atoms with Gasteiger partial charge in [0.25, 0.3) is 0 Å². The molecule has 9 nitrogen and oxygen atoms in total. The average molecular weight is 468 g/mol. The highest BCUT2D eigenvalue weighted by molar-refractivity contribution is 5.87. The number of nitriles is 1. The number of nitrogens with zero attached hydrogens (tertiary/aromatic N) is 6. The fraction of sp³-hybridized carbons (Fsp3) is 0.269. The lowest BCUT2D eigenvalue weighted by Gasteiger charge is -2.34. The number of para-hydroxylation sites is 1. The molecule has 5 rings (SSSR count). The minimum absolute atomic E-state index is 0.0275. The molecule has 0 saturated carbocycles. The van der Waals surface area contributed by atoms with Crippen LogP contribution in [-0.2, 0) is 4.79 Å². The maximum absolute atomic E-state index is 11.9. The quantitative estimate of drug-likeness (QED) is 0.452. The van der Waals surface area contributed by atoms with Crippen molar-refractivity contribution in [2.24, 2.45) is 0 Å². The number of carbonyl (C=O) groups excluding carboxylic acids is 1. The van der Waals surface area contributed by atoms with Gasteiger partial charge < -0.3 is 10.5 Å². The standard InChI is InChI=1S/C26H25N7O2/c1-17(34)23(14-27)32-13-5-6-19(16-32)33-26-22(15-29-33)24(28)30-25(31-26)18-9-11-21(12-10-18)35-20-7-3-2-4-8-20/h2-4,7-12,15,19,23H,5-6,13,16H2,1H3,(H2,28,30,31)/t19-,23?/m1/s1. The van der Waals surface area contributed by atoms with Crippen molar-refractivity contribution in [3.63, 3.8) is 0 Å². The summed E-state index contributed by atoms with van der Waals surface area (Å²) in [5.41, 5.74) is 7.72. The van der Waals surface area contributed by atoms with E-state index in [4.69, 9.17) is 15.5 Å². The number of carbonyl (C=O) groups is 1. The van der Waals surface area contributed by atoms with Crippen LogP contribution in [-0.4, -0.2) is 49.6 Å². The van der Waals surface area contributed by atoms with Crippen LogP contribution in [0.2, 0.25) is 0 Å². The first-order valence-electron chi connectivity index (χ1n) is 11.5. The highest BCUT2D eigenvalue weighted by Gasteiger charge is 2.30. The second-order valence-corrected chi connectivity index (χ2v) is 8.63. The van der Waals surface area contributed by atoms with Crippen LogP contribution >= 0.6 is 0 Å². The summed E-state index contributed by atoms with van der Waals surface area (Å²) in [5.74, 6) is 2.17. The number of piperidine rings is 1. The monoisotopic (exact) mass is 467 g/mol. The van der Waals surface area contributed by atoms with Gasteiger partial charge in [-0.05, 0) is 62.7 Å². The molecule has 0 bridgehead atoms. The molecule has 2 atom stereocenters. The van der Waals surface area contributed by atoms with Crippen molar-refractivity contribution >= 4 is 22.6 Å². The van der Waals surface area contributed by atoms with Crippen molar-refractivity contribution in [1.82, 2.24) is 24.6 Å². The number of rotatable bonds is 6. The van der Waals surface area contributed by atoms with E-state index in [-0.39, 0.29) is 11.8 Å². The minimum Gasteiger partial charge on any atom is -0.457 e. The number of hydrogen-bond acceptors (Lipinski definition) is 8. The fourth-order valence-corrected chi connectivity index (χ4v) is 4.49. The summed E-state index contributed by atoms with van der Waals surface area (Å²) in [5, 5.41) is 14.7. The lowest BCUT2D eigenvalue weighted by molar-refractivity contribution is -0.120. The summed E-state index contributed by atoms with van der Waals surface area (Å²) in [6.45, 7) is 2.70. The van der Waals surface area contributed by atoms with Gasteiger partial charge in [0, 0.05) is 12.1 Å². The molecule has 1 unspecified atom stereocenters. The Kier molecular flexibility index (Phi) is 6.12. The first-order valence-corrected chi connectivity index (χ1v) is 11.5. The molecule has 9 heteroatoms. The number of hydrogen-bond donors (Lipinski definition) is 1. The zero-order valence-electron chi connectivity index (χ0n) is 19.3. The van der Waals surface area contributed by atoms with Gasteiger partial charge in [0.1, 0.15) is 17.3 Å². The van der Waals surface area contributed by atoms with Crippen molar-refractivity contribution < 1.29 is 9.53 Å². The average Bonchev–Trinajstić information content (AvgIpc) is 3.30. The summed E-state index contributed by atoms with van der Waals surface area (Å²) in [6.07, 6.45) is 3.40. The maximum atomic E-state index is 11.9. The topological polar surface area (TPSA) is 123 Å². The van der Waals surface area contributed by atoms with Crippen molar-refractivity contribution in [3.05, 3.63) is 60.8 Å². The molecule has 1 aliphatic rings. The lowest BCUT2D eigenvalue weighted by atomic mass is 10.0. The highest BCUT2D eigenvalue weighted by Crippen LogP contribution is 2.30. The molecule has 2 aromatic carbocycles. The molecule has 2 aromatic heterocycles. The number of nitrogen functional groups attached to an aromatic ring is 1.